The number of ether oxygens (including phenoxy) is 2. The molecular formula is C24H26N2O5S. The number of benzene rings is 3. The van der Waals surface area contributed by atoms with Crippen molar-refractivity contribution < 1.29 is 22.7 Å². The number of hydrogen-bond donors (Lipinski definition) is 1. The van der Waals surface area contributed by atoms with Gasteiger partial charge in [-0.05, 0) is 62.4 Å². The average molecular weight is 455 g/mol. The van der Waals surface area contributed by atoms with Gasteiger partial charge in [-0.25, -0.2) is 8.42 Å². The van der Waals surface area contributed by atoms with E-state index in [0.29, 0.717) is 35.2 Å². The standard InChI is InChI=1S/C24H26N2O5S/c1-4-30-23-12-8-9-19(17-23)25-24(27)18(2)26(32(3,28)29)20-13-15-22(16-14-20)31-21-10-6-5-7-11-21/h5-18H,4H2,1-3H3,(H,25,27)/t18-/m0/s1. The fourth-order valence-electron chi connectivity index (χ4n) is 3.17. The second-order valence-corrected chi connectivity index (χ2v) is 8.95. The first-order chi connectivity index (χ1) is 15.3. The Morgan fingerprint density at radius 1 is 0.938 bits per heavy atom. The van der Waals surface area contributed by atoms with E-state index in [9.17, 15) is 13.2 Å². The lowest BCUT2D eigenvalue weighted by Gasteiger charge is -2.28. The summed E-state index contributed by atoms with van der Waals surface area (Å²) < 4.78 is 37.4. The fourth-order valence-corrected chi connectivity index (χ4v) is 4.35. The largest absolute Gasteiger partial charge is 0.494 e. The molecule has 0 aliphatic carbocycles. The number of para-hydroxylation sites is 1. The zero-order chi connectivity index (χ0) is 23.1. The number of carbonyl (C=O) groups excluding carboxylic acids is 1. The number of carbonyl (C=O) groups is 1. The van der Waals surface area contributed by atoms with Gasteiger partial charge in [-0.15, -0.1) is 0 Å². The van der Waals surface area contributed by atoms with E-state index in [1.54, 1.807) is 48.5 Å². The van der Waals surface area contributed by atoms with Gasteiger partial charge in [0.1, 0.15) is 23.3 Å². The first kappa shape index (κ1) is 23.1. The highest BCUT2D eigenvalue weighted by Gasteiger charge is 2.29. The van der Waals surface area contributed by atoms with Gasteiger partial charge in [-0.2, -0.15) is 0 Å². The maximum absolute atomic E-state index is 12.9. The van der Waals surface area contributed by atoms with Gasteiger partial charge in [0.15, 0.2) is 0 Å². The zero-order valence-electron chi connectivity index (χ0n) is 18.2. The summed E-state index contributed by atoms with van der Waals surface area (Å²) in [6, 6.07) is 21.8. The van der Waals surface area contributed by atoms with Gasteiger partial charge in [0.2, 0.25) is 15.9 Å². The van der Waals surface area contributed by atoms with Gasteiger partial charge in [0, 0.05) is 11.8 Å². The maximum Gasteiger partial charge on any atom is 0.247 e. The summed E-state index contributed by atoms with van der Waals surface area (Å²) in [5, 5.41) is 2.76. The van der Waals surface area contributed by atoms with Crippen molar-refractivity contribution in [2.75, 3.05) is 22.5 Å². The summed E-state index contributed by atoms with van der Waals surface area (Å²) in [6.07, 6.45) is 1.07. The Morgan fingerprint density at radius 3 is 2.19 bits per heavy atom. The molecule has 3 rings (SSSR count). The third-order valence-corrected chi connectivity index (χ3v) is 5.81. The van der Waals surface area contributed by atoms with E-state index >= 15 is 0 Å². The Labute approximate surface area is 188 Å². The average Bonchev–Trinajstić information content (AvgIpc) is 2.75. The topological polar surface area (TPSA) is 84.9 Å². The van der Waals surface area contributed by atoms with Gasteiger partial charge < -0.3 is 14.8 Å². The molecule has 0 aromatic heterocycles. The molecule has 1 amide bonds. The van der Waals surface area contributed by atoms with Crippen LogP contribution in [0.15, 0.2) is 78.9 Å². The van der Waals surface area contributed by atoms with Crippen LogP contribution in [0.1, 0.15) is 13.8 Å². The van der Waals surface area contributed by atoms with Crippen molar-refractivity contribution in [3.05, 3.63) is 78.9 Å². The maximum atomic E-state index is 12.9. The molecule has 0 aliphatic rings. The molecule has 7 nitrogen and oxygen atoms in total. The molecule has 0 unspecified atom stereocenters. The van der Waals surface area contributed by atoms with Crippen LogP contribution in [0.25, 0.3) is 0 Å². The number of sulfonamides is 1. The van der Waals surface area contributed by atoms with Crippen molar-refractivity contribution in [3.8, 4) is 17.2 Å². The molecule has 0 spiro atoms. The van der Waals surface area contributed by atoms with Crippen molar-refractivity contribution in [1.29, 1.82) is 0 Å². The first-order valence-electron chi connectivity index (χ1n) is 10.1. The predicted molar refractivity (Wildman–Crippen MR) is 126 cm³/mol. The number of hydrogen-bond acceptors (Lipinski definition) is 5. The third kappa shape index (κ3) is 6.01. The Kier molecular flexibility index (Phi) is 7.37. The molecule has 168 valence electrons. The number of anilines is 2. The molecule has 1 atom stereocenters. The van der Waals surface area contributed by atoms with Crippen LogP contribution >= 0.6 is 0 Å². The van der Waals surface area contributed by atoms with Crippen molar-refractivity contribution in [3.63, 3.8) is 0 Å². The minimum absolute atomic E-state index is 0.360. The van der Waals surface area contributed by atoms with E-state index in [2.05, 4.69) is 5.32 Å². The lowest BCUT2D eigenvalue weighted by Crippen LogP contribution is -2.45. The Morgan fingerprint density at radius 2 is 1.56 bits per heavy atom. The fraction of sp³-hybridized carbons (Fsp3) is 0.208. The van der Waals surface area contributed by atoms with Gasteiger partial charge in [0.25, 0.3) is 0 Å². The quantitative estimate of drug-likeness (QED) is 0.508. The molecule has 0 saturated carbocycles. The van der Waals surface area contributed by atoms with Crippen LogP contribution in [-0.2, 0) is 14.8 Å². The van der Waals surface area contributed by atoms with Gasteiger partial charge >= 0.3 is 0 Å². The van der Waals surface area contributed by atoms with Crippen molar-refractivity contribution >= 4 is 27.3 Å². The summed E-state index contributed by atoms with van der Waals surface area (Å²) in [7, 11) is -3.74. The molecule has 0 heterocycles. The molecule has 32 heavy (non-hydrogen) atoms. The van der Waals surface area contributed by atoms with Crippen LogP contribution in [0.2, 0.25) is 0 Å². The lowest BCUT2D eigenvalue weighted by molar-refractivity contribution is -0.116. The second-order valence-electron chi connectivity index (χ2n) is 7.09. The number of nitrogens with zero attached hydrogens (tertiary/aromatic N) is 1. The van der Waals surface area contributed by atoms with Crippen LogP contribution in [0.3, 0.4) is 0 Å². The molecule has 0 bridgehead atoms. The molecule has 3 aromatic carbocycles. The van der Waals surface area contributed by atoms with Gasteiger partial charge in [0.05, 0.1) is 18.6 Å². The molecule has 3 aromatic rings. The molecule has 0 saturated heterocycles. The Bertz CT molecular complexity index is 1150. The first-order valence-corrected chi connectivity index (χ1v) is 12.0. The van der Waals surface area contributed by atoms with Crippen molar-refractivity contribution in [2.45, 2.75) is 19.9 Å². The number of nitrogens with one attached hydrogen (secondary N) is 1. The van der Waals surface area contributed by atoms with E-state index in [1.807, 2.05) is 37.3 Å². The van der Waals surface area contributed by atoms with E-state index in [4.69, 9.17) is 9.47 Å². The summed E-state index contributed by atoms with van der Waals surface area (Å²) >= 11 is 0. The van der Waals surface area contributed by atoms with E-state index in [0.717, 1.165) is 10.6 Å². The Balaban J connectivity index is 1.78. The normalized spacial score (nSPS) is 12.0. The molecule has 0 fully saturated rings. The summed E-state index contributed by atoms with van der Waals surface area (Å²) in [4.78, 5) is 12.9. The minimum Gasteiger partial charge on any atom is -0.494 e. The van der Waals surface area contributed by atoms with Crippen LogP contribution in [-0.4, -0.2) is 33.2 Å². The van der Waals surface area contributed by atoms with Crippen LogP contribution < -0.4 is 19.1 Å². The smallest absolute Gasteiger partial charge is 0.247 e. The van der Waals surface area contributed by atoms with E-state index in [-0.39, 0.29) is 0 Å². The monoisotopic (exact) mass is 454 g/mol. The third-order valence-electron chi connectivity index (χ3n) is 4.57. The Hall–Kier alpha value is -3.52. The molecule has 8 heteroatoms. The highest BCUT2D eigenvalue weighted by atomic mass is 32.2. The van der Waals surface area contributed by atoms with Crippen LogP contribution in [0.4, 0.5) is 11.4 Å². The number of amides is 1. The highest BCUT2D eigenvalue weighted by molar-refractivity contribution is 7.92. The summed E-state index contributed by atoms with van der Waals surface area (Å²) in [5.41, 5.74) is 0.881. The molecular weight excluding hydrogens is 428 g/mol. The minimum atomic E-state index is -3.74. The van der Waals surface area contributed by atoms with Gasteiger partial charge in [-0.1, -0.05) is 24.3 Å². The van der Waals surface area contributed by atoms with E-state index in [1.165, 1.54) is 6.92 Å². The van der Waals surface area contributed by atoms with Crippen molar-refractivity contribution in [1.82, 2.24) is 0 Å². The van der Waals surface area contributed by atoms with Gasteiger partial charge in [-0.3, -0.25) is 9.10 Å². The van der Waals surface area contributed by atoms with E-state index < -0.39 is 22.0 Å². The molecule has 1 N–H and O–H groups in total. The SMILES string of the molecule is CCOc1cccc(NC(=O)[C@H](C)N(c2ccc(Oc3ccccc3)cc2)S(C)(=O)=O)c1. The lowest BCUT2D eigenvalue weighted by atomic mass is 10.2. The van der Waals surface area contributed by atoms with Crippen molar-refractivity contribution in [2.24, 2.45) is 0 Å². The second kappa shape index (κ2) is 10.2. The molecule has 0 aliphatic heterocycles. The van der Waals surface area contributed by atoms with Crippen LogP contribution in [0, 0.1) is 0 Å². The summed E-state index contributed by atoms with van der Waals surface area (Å²) in [5.74, 6) is 1.38. The number of rotatable bonds is 9. The highest BCUT2D eigenvalue weighted by Crippen LogP contribution is 2.27. The predicted octanol–water partition coefficient (Wildman–Crippen LogP) is 4.67. The summed E-state index contributed by atoms with van der Waals surface area (Å²) in [6.45, 7) is 3.91. The van der Waals surface area contributed by atoms with Crippen LogP contribution in [0.5, 0.6) is 17.2 Å². The molecule has 0 radical (unpaired) electrons. The zero-order valence-corrected chi connectivity index (χ0v) is 19.0.